The molecule has 2 heterocycles. The van der Waals surface area contributed by atoms with Gasteiger partial charge in [0, 0.05) is 50.7 Å². The third kappa shape index (κ3) is 6.08. The Morgan fingerprint density at radius 1 is 1.18 bits per heavy atom. The van der Waals surface area contributed by atoms with Crippen molar-refractivity contribution in [3.63, 3.8) is 0 Å². The lowest BCUT2D eigenvalue weighted by Crippen LogP contribution is -2.47. The molecule has 4 rings (SSSR count). The molecule has 2 aliphatic rings. The highest BCUT2D eigenvalue weighted by Crippen LogP contribution is 2.46. The van der Waals surface area contributed by atoms with Gasteiger partial charge in [-0.1, -0.05) is 42.3 Å². The van der Waals surface area contributed by atoms with Crippen molar-refractivity contribution < 1.29 is 8.42 Å². The number of nitrogens with one attached hydrogen (secondary N) is 2. The van der Waals surface area contributed by atoms with Crippen molar-refractivity contribution >= 4 is 33.2 Å². The van der Waals surface area contributed by atoms with Crippen molar-refractivity contribution in [1.82, 2.24) is 19.9 Å². The molecule has 6 nitrogen and oxygen atoms in total. The molecule has 1 atom stereocenters. The van der Waals surface area contributed by atoms with Gasteiger partial charge in [-0.15, -0.1) is 0 Å². The number of halogens is 2. The quantitative estimate of drug-likeness (QED) is 0.566. The van der Waals surface area contributed by atoms with Crippen molar-refractivity contribution in [3.05, 3.63) is 58.3 Å². The van der Waals surface area contributed by atoms with Gasteiger partial charge in [0.2, 0.25) is 10.0 Å². The van der Waals surface area contributed by atoms with Crippen LogP contribution in [0.4, 0.5) is 0 Å². The summed E-state index contributed by atoms with van der Waals surface area (Å²) in [5.74, 6) is 0. The summed E-state index contributed by atoms with van der Waals surface area (Å²) in [7, 11) is -3.55. The number of nitrogens with zero attached hydrogens (tertiary/aromatic N) is 2. The molecule has 180 valence electrons. The van der Waals surface area contributed by atoms with E-state index < -0.39 is 10.0 Å². The summed E-state index contributed by atoms with van der Waals surface area (Å²) >= 11 is 13.0. The number of sulfonamides is 1. The van der Waals surface area contributed by atoms with Crippen molar-refractivity contribution in [2.45, 2.75) is 56.0 Å². The Labute approximate surface area is 207 Å². The topological polar surface area (TPSA) is 74.3 Å². The minimum Gasteiger partial charge on any atom is -0.314 e. The SMILES string of the molecule is CC1(CC(c2cccc(Cl)c2Cl)N2CCNCC2)CCC(NS(=O)(=O)c2cccnc2)CC1. The van der Waals surface area contributed by atoms with Crippen LogP contribution >= 0.6 is 23.2 Å². The summed E-state index contributed by atoms with van der Waals surface area (Å²) in [6.45, 7) is 6.19. The molecule has 33 heavy (non-hydrogen) atoms. The molecule has 1 aromatic carbocycles. The second-order valence-electron chi connectivity index (χ2n) is 9.54. The molecule has 1 aliphatic carbocycles. The van der Waals surface area contributed by atoms with Gasteiger partial charge < -0.3 is 5.32 Å². The van der Waals surface area contributed by atoms with Crippen LogP contribution in [0.15, 0.2) is 47.6 Å². The molecule has 2 N–H and O–H groups in total. The van der Waals surface area contributed by atoms with Crippen molar-refractivity contribution in [2.24, 2.45) is 5.41 Å². The van der Waals surface area contributed by atoms with Crippen LogP contribution in [0.3, 0.4) is 0 Å². The molecular weight excluding hydrogens is 479 g/mol. The lowest BCUT2D eigenvalue weighted by molar-refractivity contribution is 0.0901. The zero-order valence-electron chi connectivity index (χ0n) is 18.9. The summed E-state index contributed by atoms with van der Waals surface area (Å²) in [4.78, 5) is 6.66. The zero-order valence-corrected chi connectivity index (χ0v) is 21.3. The van der Waals surface area contributed by atoms with Crippen molar-refractivity contribution in [1.29, 1.82) is 0 Å². The maximum absolute atomic E-state index is 12.7. The summed E-state index contributed by atoms with van der Waals surface area (Å²) in [5.41, 5.74) is 1.18. The Bertz CT molecular complexity index is 1040. The van der Waals surface area contributed by atoms with Crippen molar-refractivity contribution in [2.75, 3.05) is 26.2 Å². The average Bonchev–Trinajstić information content (AvgIpc) is 2.82. The normalized spacial score (nSPS) is 25.6. The second kappa shape index (κ2) is 10.6. The largest absolute Gasteiger partial charge is 0.314 e. The first-order chi connectivity index (χ1) is 15.8. The van der Waals surface area contributed by atoms with Gasteiger partial charge in [0.05, 0.1) is 10.0 Å². The fourth-order valence-electron chi connectivity index (χ4n) is 5.10. The number of aromatic nitrogens is 1. The van der Waals surface area contributed by atoms with E-state index in [1.165, 1.54) is 6.20 Å². The fourth-order valence-corrected chi connectivity index (χ4v) is 6.81. The Morgan fingerprint density at radius 3 is 2.58 bits per heavy atom. The fraction of sp³-hybridized carbons (Fsp3) is 0.542. The Kier molecular flexibility index (Phi) is 7.98. The highest BCUT2D eigenvalue weighted by Gasteiger charge is 2.37. The first-order valence-corrected chi connectivity index (χ1v) is 13.8. The van der Waals surface area contributed by atoms with E-state index in [0.29, 0.717) is 10.0 Å². The molecule has 1 saturated carbocycles. The maximum atomic E-state index is 12.7. The van der Waals surface area contributed by atoms with Crippen LogP contribution < -0.4 is 10.0 Å². The predicted octanol–water partition coefficient (Wildman–Crippen LogP) is 4.65. The van der Waals surface area contributed by atoms with E-state index in [2.05, 4.69) is 32.9 Å². The zero-order chi connectivity index (χ0) is 23.5. The standard InChI is InChI=1S/C24H32Cl2N4O2S/c1-24(9-7-18(8-10-24)29-33(31,32)19-4-3-11-28-17-19)16-22(30-14-12-27-13-15-30)20-5-2-6-21(25)23(20)26/h2-6,11,17-18,22,27,29H,7-10,12-16H2,1H3. The first kappa shape index (κ1) is 24.9. The van der Waals surface area contributed by atoms with Gasteiger partial charge >= 0.3 is 0 Å². The minimum atomic E-state index is -3.55. The number of hydrogen-bond donors (Lipinski definition) is 2. The molecule has 9 heteroatoms. The van der Waals surface area contributed by atoms with E-state index in [1.807, 2.05) is 12.1 Å². The average molecular weight is 512 g/mol. The highest BCUT2D eigenvalue weighted by atomic mass is 35.5. The van der Waals surface area contributed by atoms with Crippen LogP contribution in [0.1, 0.15) is 50.6 Å². The third-order valence-electron chi connectivity index (χ3n) is 7.08. The van der Waals surface area contributed by atoms with Gasteiger partial charge in [-0.3, -0.25) is 9.88 Å². The van der Waals surface area contributed by atoms with Gasteiger partial charge in [-0.25, -0.2) is 13.1 Å². The molecule has 1 aliphatic heterocycles. The smallest absolute Gasteiger partial charge is 0.242 e. The van der Waals surface area contributed by atoms with Crippen LogP contribution in [0.5, 0.6) is 0 Å². The highest BCUT2D eigenvalue weighted by molar-refractivity contribution is 7.89. The Balaban J connectivity index is 1.46. The van der Waals surface area contributed by atoms with E-state index in [9.17, 15) is 8.42 Å². The molecule has 1 aromatic heterocycles. The summed E-state index contributed by atoms with van der Waals surface area (Å²) < 4.78 is 28.3. The number of benzene rings is 1. The van der Waals surface area contributed by atoms with Gasteiger partial charge in [0.15, 0.2) is 0 Å². The summed E-state index contributed by atoms with van der Waals surface area (Å²) in [6, 6.07) is 9.26. The van der Waals surface area contributed by atoms with Crippen LogP contribution in [-0.4, -0.2) is 50.5 Å². The van der Waals surface area contributed by atoms with Gasteiger partial charge in [-0.2, -0.15) is 0 Å². The number of piperazine rings is 1. The first-order valence-electron chi connectivity index (χ1n) is 11.6. The number of pyridine rings is 1. The summed E-state index contributed by atoms with van der Waals surface area (Å²) in [6.07, 6.45) is 7.46. The molecule has 1 saturated heterocycles. The van der Waals surface area contributed by atoms with Crippen LogP contribution in [0.2, 0.25) is 10.0 Å². The molecule has 0 amide bonds. The molecule has 0 bridgehead atoms. The van der Waals surface area contributed by atoms with E-state index in [1.54, 1.807) is 18.3 Å². The van der Waals surface area contributed by atoms with Crippen molar-refractivity contribution in [3.8, 4) is 0 Å². The molecule has 2 aromatic rings. The third-order valence-corrected chi connectivity index (χ3v) is 9.42. The van der Waals surface area contributed by atoms with Crippen LogP contribution in [0.25, 0.3) is 0 Å². The molecular formula is C24H32Cl2N4O2S. The Morgan fingerprint density at radius 2 is 1.91 bits per heavy atom. The Hall–Kier alpha value is -1.22. The van der Waals surface area contributed by atoms with E-state index in [0.717, 1.165) is 63.8 Å². The monoisotopic (exact) mass is 510 g/mol. The molecule has 0 spiro atoms. The second-order valence-corrected chi connectivity index (χ2v) is 12.0. The van der Waals surface area contributed by atoms with Gasteiger partial charge in [0.1, 0.15) is 4.90 Å². The lowest BCUT2D eigenvalue weighted by Gasteiger charge is -2.44. The number of hydrogen-bond acceptors (Lipinski definition) is 5. The van der Waals surface area contributed by atoms with Gasteiger partial charge in [-0.05, 0) is 61.3 Å². The van der Waals surface area contributed by atoms with Crippen LogP contribution in [-0.2, 0) is 10.0 Å². The van der Waals surface area contributed by atoms with E-state index in [4.69, 9.17) is 23.2 Å². The van der Waals surface area contributed by atoms with E-state index in [-0.39, 0.29) is 22.4 Å². The minimum absolute atomic E-state index is 0.0596. The molecule has 1 unspecified atom stereocenters. The predicted molar refractivity (Wildman–Crippen MR) is 133 cm³/mol. The lowest BCUT2D eigenvalue weighted by atomic mass is 9.69. The molecule has 0 radical (unpaired) electrons. The van der Waals surface area contributed by atoms with Crippen LogP contribution in [0, 0.1) is 5.41 Å². The molecule has 2 fully saturated rings. The van der Waals surface area contributed by atoms with Gasteiger partial charge in [0.25, 0.3) is 0 Å². The number of rotatable bonds is 7. The summed E-state index contributed by atoms with van der Waals surface area (Å²) in [5, 5.41) is 4.66. The van der Waals surface area contributed by atoms with E-state index >= 15 is 0 Å². The maximum Gasteiger partial charge on any atom is 0.242 e.